The van der Waals surface area contributed by atoms with Crippen molar-refractivity contribution in [3.05, 3.63) is 59.7 Å². The molecule has 0 saturated heterocycles. The van der Waals surface area contributed by atoms with Crippen LogP contribution in [0.25, 0.3) is 0 Å². The van der Waals surface area contributed by atoms with Crippen molar-refractivity contribution in [2.24, 2.45) is 0 Å². The van der Waals surface area contributed by atoms with Crippen molar-refractivity contribution in [2.45, 2.75) is 26.3 Å². The largest absolute Gasteiger partial charge is 0.493 e. The minimum absolute atomic E-state index is 0.640. The lowest BCUT2D eigenvalue weighted by molar-refractivity contribution is 0.307. The summed E-state index contributed by atoms with van der Waals surface area (Å²) < 4.78 is 11.1. The van der Waals surface area contributed by atoms with E-state index in [1.54, 1.807) is 7.11 Å². The standard InChI is InChI=1S/C19H25NO2/c1-3-22-19-17(12-7-13-18(19)21-2)15-20-14-8-11-16-9-5-4-6-10-16/h4-7,9-10,12-13,20H,3,8,11,14-15H2,1-2H3. The molecule has 0 aliphatic heterocycles. The molecule has 0 radical (unpaired) electrons. The summed E-state index contributed by atoms with van der Waals surface area (Å²) in [5.41, 5.74) is 2.53. The van der Waals surface area contributed by atoms with Gasteiger partial charge in [-0.25, -0.2) is 0 Å². The maximum atomic E-state index is 5.72. The minimum Gasteiger partial charge on any atom is -0.493 e. The lowest BCUT2D eigenvalue weighted by Crippen LogP contribution is -2.16. The zero-order chi connectivity index (χ0) is 15.6. The number of rotatable bonds is 9. The average molecular weight is 299 g/mol. The second kappa shape index (κ2) is 9.11. The summed E-state index contributed by atoms with van der Waals surface area (Å²) in [6.07, 6.45) is 2.22. The molecule has 2 rings (SSSR count). The third kappa shape index (κ3) is 4.78. The van der Waals surface area contributed by atoms with Crippen molar-refractivity contribution < 1.29 is 9.47 Å². The van der Waals surface area contributed by atoms with Crippen LogP contribution < -0.4 is 14.8 Å². The third-order valence-electron chi connectivity index (χ3n) is 3.55. The van der Waals surface area contributed by atoms with E-state index in [1.165, 1.54) is 5.56 Å². The monoisotopic (exact) mass is 299 g/mol. The lowest BCUT2D eigenvalue weighted by atomic mass is 10.1. The first-order chi connectivity index (χ1) is 10.8. The predicted molar refractivity (Wildman–Crippen MR) is 90.6 cm³/mol. The van der Waals surface area contributed by atoms with E-state index in [4.69, 9.17) is 9.47 Å². The van der Waals surface area contributed by atoms with Crippen LogP contribution in [-0.4, -0.2) is 20.3 Å². The Bertz CT molecular complexity index is 555. The van der Waals surface area contributed by atoms with Gasteiger partial charge in [-0.05, 0) is 37.9 Å². The summed E-state index contributed by atoms with van der Waals surface area (Å²) >= 11 is 0. The van der Waals surface area contributed by atoms with Crippen LogP contribution >= 0.6 is 0 Å². The molecule has 0 unspecified atom stereocenters. The van der Waals surface area contributed by atoms with Crippen LogP contribution in [0.1, 0.15) is 24.5 Å². The van der Waals surface area contributed by atoms with Crippen LogP contribution in [0.4, 0.5) is 0 Å². The van der Waals surface area contributed by atoms with Crippen molar-refractivity contribution in [1.82, 2.24) is 5.32 Å². The Morgan fingerprint density at radius 2 is 1.82 bits per heavy atom. The molecule has 0 atom stereocenters. The first kappa shape index (κ1) is 16.4. The summed E-state index contributed by atoms with van der Waals surface area (Å²) in [6, 6.07) is 16.6. The van der Waals surface area contributed by atoms with Gasteiger partial charge in [-0.3, -0.25) is 0 Å². The Morgan fingerprint density at radius 1 is 1.00 bits per heavy atom. The van der Waals surface area contributed by atoms with Gasteiger partial charge in [-0.1, -0.05) is 42.5 Å². The van der Waals surface area contributed by atoms with Crippen LogP contribution in [0.2, 0.25) is 0 Å². The molecule has 0 aliphatic carbocycles. The Labute approximate surface area is 133 Å². The zero-order valence-electron chi connectivity index (χ0n) is 13.5. The highest BCUT2D eigenvalue weighted by atomic mass is 16.5. The molecule has 0 spiro atoms. The Hall–Kier alpha value is -2.00. The number of aryl methyl sites for hydroxylation is 1. The van der Waals surface area contributed by atoms with E-state index in [1.807, 2.05) is 19.1 Å². The Balaban J connectivity index is 1.81. The minimum atomic E-state index is 0.640. The van der Waals surface area contributed by atoms with Gasteiger partial charge in [-0.2, -0.15) is 0 Å². The van der Waals surface area contributed by atoms with E-state index in [0.29, 0.717) is 6.61 Å². The average Bonchev–Trinajstić information content (AvgIpc) is 2.57. The second-order valence-electron chi connectivity index (χ2n) is 5.15. The summed E-state index contributed by atoms with van der Waals surface area (Å²) in [5.74, 6) is 1.65. The fourth-order valence-corrected chi connectivity index (χ4v) is 2.45. The van der Waals surface area contributed by atoms with E-state index >= 15 is 0 Å². The number of benzene rings is 2. The molecule has 0 heterocycles. The van der Waals surface area contributed by atoms with E-state index < -0.39 is 0 Å². The Morgan fingerprint density at radius 3 is 2.55 bits per heavy atom. The van der Waals surface area contributed by atoms with Crippen LogP contribution in [0, 0.1) is 0 Å². The van der Waals surface area contributed by atoms with Crippen molar-refractivity contribution in [3.8, 4) is 11.5 Å². The van der Waals surface area contributed by atoms with Gasteiger partial charge in [0, 0.05) is 12.1 Å². The van der Waals surface area contributed by atoms with Crippen LogP contribution in [0.3, 0.4) is 0 Å². The quantitative estimate of drug-likeness (QED) is 0.714. The number of hydrogen-bond acceptors (Lipinski definition) is 3. The first-order valence-corrected chi connectivity index (χ1v) is 7.88. The SMILES string of the molecule is CCOc1c(CNCCCc2ccccc2)cccc1OC. The van der Waals surface area contributed by atoms with E-state index in [2.05, 4.69) is 41.7 Å². The molecule has 0 bridgehead atoms. The molecular formula is C19H25NO2. The van der Waals surface area contributed by atoms with E-state index in [0.717, 1.165) is 43.0 Å². The second-order valence-corrected chi connectivity index (χ2v) is 5.15. The summed E-state index contributed by atoms with van der Waals surface area (Å²) in [7, 11) is 1.68. The normalized spacial score (nSPS) is 10.5. The highest BCUT2D eigenvalue weighted by Crippen LogP contribution is 2.30. The van der Waals surface area contributed by atoms with E-state index in [9.17, 15) is 0 Å². The molecule has 0 fully saturated rings. The van der Waals surface area contributed by atoms with Crippen molar-refractivity contribution in [1.29, 1.82) is 0 Å². The fourth-order valence-electron chi connectivity index (χ4n) is 2.45. The molecule has 3 heteroatoms. The van der Waals surface area contributed by atoms with Crippen LogP contribution in [0.5, 0.6) is 11.5 Å². The number of nitrogens with one attached hydrogen (secondary N) is 1. The van der Waals surface area contributed by atoms with Gasteiger partial charge in [0.15, 0.2) is 11.5 Å². The molecule has 2 aromatic rings. The number of hydrogen-bond donors (Lipinski definition) is 1. The molecule has 22 heavy (non-hydrogen) atoms. The highest BCUT2D eigenvalue weighted by Gasteiger charge is 2.09. The van der Waals surface area contributed by atoms with Gasteiger partial charge >= 0.3 is 0 Å². The van der Waals surface area contributed by atoms with Crippen molar-refractivity contribution in [2.75, 3.05) is 20.3 Å². The van der Waals surface area contributed by atoms with Gasteiger partial charge in [0.2, 0.25) is 0 Å². The third-order valence-corrected chi connectivity index (χ3v) is 3.55. The van der Waals surface area contributed by atoms with Crippen molar-refractivity contribution >= 4 is 0 Å². The molecular weight excluding hydrogens is 274 g/mol. The topological polar surface area (TPSA) is 30.5 Å². The smallest absolute Gasteiger partial charge is 0.165 e. The van der Waals surface area contributed by atoms with Crippen LogP contribution in [-0.2, 0) is 13.0 Å². The molecule has 0 aromatic heterocycles. The number of methoxy groups -OCH3 is 1. The summed E-state index contributed by atoms with van der Waals surface area (Å²) in [5, 5.41) is 3.49. The van der Waals surface area contributed by atoms with Gasteiger partial charge in [0.25, 0.3) is 0 Å². The van der Waals surface area contributed by atoms with Crippen LogP contribution in [0.15, 0.2) is 48.5 Å². The summed E-state index contributed by atoms with van der Waals surface area (Å²) in [4.78, 5) is 0. The molecule has 1 N–H and O–H groups in total. The zero-order valence-corrected chi connectivity index (χ0v) is 13.5. The number of para-hydroxylation sites is 1. The van der Waals surface area contributed by atoms with E-state index in [-0.39, 0.29) is 0 Å². The lowest BCUT2D eigenvalue weighted by Gasteiger charge is -2.14. The maximum Gasteiger partial charge on any atom is 0.165 e. The number of ether oxygens (including phenoxy) is 2. The maximum absolute atomic E-state index is 5.72. The molecule has 3 nitrogen and oxygen atoms in total. The molecule has 0 saturated carbocycles. The molecule has 118 valence electrons. The van der Waals surface area contributed by atoms with Gasteiger partial charge < -0.3 is 14.8 Å². The fraction of sp³-hybridized carbons (Fsp3) is 0.368. The summed E-state index contributed by atoms with van der Waals surface area (Å²) in [6.45, 7) is 4.41. The Kier molecular flexibility index (Phi) is 6.78. The van der Waals surface area contributed by atoms with Gasteiger partial charge in [0.05, 0.1) is 13.7 Å². The predicted octanol–water partition coefficient (Wildman–Crippen LogP) is 3.82. The molecule has 0 amide bonds. The van der Waals surface area contributed by atoms with Crippen molar-refractivity contribution in [3.63, 3.8) is 0 Å². The molecule has 2 aromatic carbocycles. The molecule has 0 aliphatic rings. The van der Waals surface area contributed by atoms with Gasteiger partial charge in [0.1, 0.15) is 0 Å². The first-order valence-electron chi connectivity index (χ1n) is 7.88. The highest BCUT2D eigenvalue weighted by molar-refractivity contribution is 5.46. The van der Waals surface area contributed by atoms with Gasteiger partial charge in [-0.15, -0.1) is 0 Å².